The molecule has 0 aliphatic rings. The van der Waals surface area contributed by atoms with Gasteiger partial charge >= 0.3 is 5.97 Å². The Hall–Kier alpha value is -1.73. The van der Waals surface area contributed by atoms with Gasteiger partial charge in [0.1, 0.15) is 5.75 Å². The molecule has 0 aliphatic heterocycles. The highest BCUT2D eigenvalue weighted by Crippen LogP contribution is 2.25. The Morgan fingerprint density at radius 3 is 2.91 bits per heavy atom. The maximum Gasteiger partial charge on any atom is 0.316 e. The van der Waals surface area contributed by atoms with Crippen LogP contribution < -0.4 is 4.74 Å². The van der Waals surface area contributed by atoms with E-state index in [2.05, 4.69) is 10.2 Å². The van der Waals surface area contributed by atoms with Crippen molar-refractivity contribution in [1.82, 2.24) is 14.8 Å². The van der Waals surface area contributed by atoms with Crippen LogP contribution in [0.4, 0.5) is 0 Å². The van der Waals surface area contributed by atoms with Crippen molar-refractivity contribution >= 4 is 29.3 Å². The first-order valence-corrected chi connectivity index (χ1v) is 8.47. The van der Waals surface area contributed by atoms with Crippen molar-refractivity contribution in [3.8, 4) is 5.75 Å². The lowest BCUT2D eigenvalue weighted by Gasteiger charge is -2.14. The van der Waals surface area contributed by atoms with Crippen molar-refractivity contribution in [3.63, 3.8) is 0 Å². The van der Waals surface area contributed by atoms with Crippen molar-refractivity contribution in [2.45, 2.75) is 25.1 Å². The summed E-state index contributed by atoms with van der Waals surface area (Å²) in [6, 6.07) is 7.17. The fourth-order valence-corrected chi connectivity index (χ4v) is 2.83. The van der Waals surface area contributed by atoms with E-state index in [9.17, 15) is 4.79 Å². The van der Waals surface area contributed by atoms with E-state index in [0.717, 1.165) is 0 Å². The molecule has 1 atom stereocenters. The predicted octanol–water partition coefficient (Wildman–Crippen LogP) is 3.26. The summed E-state index contributed by atoms with van der Waals surface area (Å²) in [4.78, 5) is 11.4. The summed E-state index contributed by atoms with van der Waals surface area (Å²) in [6.45, 7) is 4.02. The summed E-state index contributed by atoms with van der Waals surface area (Å²) in [7, 11) is 1.83. The molecule has 6 nitrogen and oxygen atoms in total. The van der Waals surface area contributed by atoms with Gasteiger partial charge in [0.05, 0.1) is 12.4 Å². The van der Waals surface area contributed by atoms with E-state index in [1.807, 2.05) is 26.1 Å². The van der Waals surface area contributed by atoms with Crippen molar-refractivity contribution in [3.05, 3.63) is 35.1 Å². The van der Waals surface area contributed by atoms with Gasteiger partial charge in [-0.15, -0.1) is 10.2 Å². The second-order valence-corrected chi connectivity index (χ2v) is 6.09. The molecule has 124 valence electrons. The minimum atomic E-state index is -0.303. The van der Waals surface area contributed by atoms with E-state index in [1.54, 1.807) is 23.6 Å². The highest BCUT2D eigenvalue weighted by Gasteiger charge is 2.18. The molecule has 1 unspecified atom stereocenters. The Labute approximate surface area is 144 Å². The van der Waals surface area contributed by atoms with Crippen LogP contribution >= 0.6 is 23.4 Å². The number of benzene rings is 1. The van der Waals surface area contributed by atoms with Crippen LogP contribution in [0.15, 0.2) is 29.4 Å². The number of hydrogen-bond donors (Lipinski definition) is 0. The summed E-state index contributed by atoms with van der Waals surface area (Å²) < 4.78 is 12.5. The summed E-state index contributed by atoms with van der Waals surface area (Å²) in [5, 5.41) is 9.47. The molecule has 0 amide bonds. The third-order valence-corrected chi connectivity index (χ3v) is 4.19. The molecule has 0 saturated carbocycles. The molecule has 8 heteroatoms. The van der Waals surface area contributed by atoms with Gasteiger partial charge in [-0.3, -0.25) is 4.79 Å². The summed E-state index contributed by atoms with van der Waals surface area (Å²) >= 11 is 7.23. The lowest BCUT2D eigenvalue weighted by atomic mass is 10.3. The average molecular weight is 356 g/mol. The lowest BCUT2D eigenvalue weighted by Crippen LogP contribution is -2.11. The molecule has 0 saturated heterocycles. The fourth-order valence-electron chi connectivity index (χ4n) is 1.93. The Morgan fingerprint density at radius 2 is 2.22 bits per heavy atom. The zero-order valence-electron chi connectivity index (χ0n) is 13.2. The van der Waals surface area contributed by atoms with Crippen LogP contribution in [0.5, 0.6) is 5.75 Å². The van der Waals surface area contributed by atoms with Gasteiger partial charge in [0.25, 0.3) is 0 Å². The minimum absolute atomic E-state index is 0.198. The number of thioether (sulfide) groups is 1. The minimum Gasteiger partial charge on any atom is -0.483 e. The number of rotatable bonds is 7. The van der Waals surface area contributed by atoms with Gasteiger partial charge < -0.3 is 14.0 Å². The Kier molecular flexibility index (Phi) is 6.29. The normalized spacial score (nSPS) is 12.0. The predicted molar refractivity (Wildman–Crippen MR) is 88.9 cm³/mol. The van der Waals surface area contributed by atoms with Gasteiger partial charge in [0.2, 0.25) is 0 Å². The molecule has 0 N–H and O–H groups in total. The third-order valence-electron chi connectivity index (χ3n) is 2.97. The van der Waals surface area contributed by atoms with Crippen molar-refractivity contribution in [1.29, 1.82) is 0 Å². The molecule has 23 heavy (non-hydrogen) atoms. The number of nitrogens with zero attached hydrogens (tertiary/aromatic N) is 3. The molecular formula is C15H18ClN3O3S. The lowest BCUT2D eigenvalue weighted by molar-refractivity contribution is -0.139. The van der Waals surface area contributed by atoms with Crippen LogP contribution in [0.1, 0.15) is 25.8 Å². The molecule has 0 aliphatic carbocycles. The summed E-state index contributed by atoms with van der Waals surface area (Å²) in [5.74, 6) is 1.25. The van der Waals surface area contributed by atoms with Crippen molar-refractivity contribution in [2.75, 3.05) is 12.4 Å². The maximum absolute atomic E-state index is 11.4. The largest absolute Gasteiger partial charge is 0.483 e. The van der Waals surface area contributed by atoms with Crippen LogP contribution in [-0.4, -0.2) is 33.1 Å². The topological polar surface area (TPSA) is 66.2 Å². The number of aromatic nitrogens is 3. The molecule has 1 aromatic heterocycles. The molecule has 1 heterocycles. The molecule has 0 bridgehead atoms. The van der Waals surface area contributed by atoms with Gasteiger partial charge in [-0.2, -0.15) is 0 Å². The number of hydrogen-bond acceptors (Lipinski definition) is 6. The average Bonchev–Trinajstić information content (AvgIpc) is 2.86. The first kappa shape index (κ1) is 17.6. The van der Waals surface area contributed by atoms with Crippen molar-refractivity contribution < 1.29 is 14.3 Å². The number of halogens is 1. The quantitative estimate of drug-likeness (QED) is 0.561. The van der Waals surface area contributed by atoms with Gasteiger partial charge in [-0.05, 0) is 32.0 Å². The van der Waals surface area contributed by atoms with E-state index in [-0.39, 0.29) is 17.8 Å². The zero-order valence-corrected chi connectivity index (χ0v) is 14.7. The van der Waals surface area contributed by atoms with Crippen molar-refractivity contribution in [2.24, 2.45) is 7.05 Å². The van der Waals surface area contributed by atoms with Gasteiger partial charge in [-0.25, -0.2) is 0 Å². The molecule has 1 aromatic carbocycles. The number of carbonyl (C=O) groups excluding carboxylic acids is 1. The Bertz CT molecular complexity index is 678. The highest BCUT2D eigenvalue weighted by atomic mass is 35.5. The van der Waals surface area contributed by atoms with Gasteiger partial charge in [0, 0.05) is 12.1 Å². The maximum atomic E-state index is 11.4. The smallest absolute Gasteiger partial charge is 0.316 e. The first-order valence-electron chi connectivity index (χ1n) is 7.11. The number of esters is 1. The van der Waals surface area contributed by atoms with E-state index in [1.165, 1.54) is 11.8 Å². The van der Waals surface area contributed by atoms with Crippen LogP contribution in [0, 0.1) is 0 Å². The van der Waals surface area contributed by atoms with E-state index in [0.29, 0.717) is 28.4 Å². The van der Waals surface area contributed by atoms with Crippen LogP contribution in [-0.2, 0) is 16.6 Å². The summed E-state index contributed by atoms with van der Waals surface area (Å²) in [6.07, 6.45) is -0.303. The Morgan fingerprint density at radius 1 is 1.43 bits per heavy atom. The highest BCUT2D eigenvalue weighted by molar-refractivity contribution is 7.99. The van der Waals surface area contributed by atoms with E-state index < -0.39 is 0 Å². The SMILES string of the molecule is CCOC(=O)CSc1nnc(C(C)Oc2cccc(Cl)c2)n1C. The van der Waals surface area contributed by atoms with E-state index in [4.69, 9.17) is 21.1 Å². The van der Waals surface area contributed by atoms with Gasteiger partial charge in [0.15, 0.2) is 17.1 Å². The van der Waals surface area contributed by atoms with Crippen LogP contribution in [0.3, 0.4) is 0 Å². The molecule has 0 fully saturated rings. The monoisotopic (exact) mass is 355 g/mol. The number of ether oxygens (including phenoxy) is 2. The zero-order chi connectivity index (χ0) is 16.8. The second kappa shape index (κ2) is 8.21. The van der Waals surface area contributed by atoms with Crippen LogP contribution in [0.25, 0.3) is 0 Å². The fraction of sp³-hybridized carbons (Fsp3) is 0.400. The Balaban J connectivity index is 2.01. The molecular weight excluding hydrogens is 338 g/mol. The number of carbonyl (C=O) groups is 1. The molecule has 2 rings (SSSR count). The molecule has 0 spiro atoms. The molecule has 0 radical (unpaired) electrons. The third kappa shape index (κ3) is 4.87. The molecule has 2 aromatic rings. The first-order chi connectivity index (χ1) is 11.0. The van der Waals surface area contributed by atoms with Gasteiger partial charge in [-0.1, -0.05) is 29.4 Å². The summed E-state index contributed by atoms with van der Waals surface area (Å²) in [5.41, 5.74) is 0. The van der Waals surface area contributed by atoms with Crippen LogP contribution in [0.2, 0.25) is 5.02 Å². The standard InChI is InChI=1S/C15H18ClN3O3S/c1-4-21-13(20)9-23-15-18-17-14(19(15)3)10(2)22-12-7-5-6-11(16)8-12/h5-8,10H,4,9H2,1-3H3. The second-order valence-electron chi connectivity index (χ2n) is 4.71. The van der Waals surface area contributed by atoms with E-state index >= 15 is 0 Å².